The van der Waals surface area contributed by atoms with Crippen molar-refractivity contribution in [1.82, 2.24) is 0 Å². The number of benzene rings is 6. The van der Waals surface area contributed by atoms with Gasteiger partial charge in [0.05, 0.1) is 5.41 Å². The Hall–Kier alpha value is -4.24. The van der Waals surface area contributed by atoms with Gasteiger partial charge in [-0.3, -0.25) is 0 Å². The second kappa shape index (κ2) is 12.4. The molecule has 0 aromatic heterocycles. The Kier molecular flexibility index (Phi) is 8.04. The minimum Gasteiger partial charge on any atom is -0.0669 e. The van der Waals surface area contributed by atoms with E-state index < -0.39 is 5.41 Å². The smallest absolute Gasteiger partial charge is 0.0566 e. The van der Waals surface area contributed by atoms with Gasteiger partial charge in [-0.1, -0.05) is 184 Å². The van der Waals surface area contributed by atoms with E-state index in [1.807, 2.05) is 0 Å². The molecular formula is C42H30Br2. The van der Waals surface area contributed by atoms with Gasteiger partial charge in [-0.2, -0.15) is 0 Å². The highest BCUT2D eigenvalue weighted by Gasteiger charge is 2.49. The maximum atomic E-state index is 3.73. The molecule has 0 radical (unpaired) electrons. The summed E-state index contributed by atoms with van der Waals surface area (Å²) in [7, 11) is 0. The fourth-order valence-corrected chi connectivity index (χ4v) is 7.38. The summed E-state index contributed by atoms with van der Waals surface area (Å²) in [6.07, 6.45) is 2.53. The monoisotopic (exact) mass is 692 g/mol. The molecule has 2 unspecified atom stereocenters. The second-order valence-electron chi connectivity index (χ2n) is 11.1. The summed E-state index contributed by atoms with van der Waals surface area (Å²) in [5.41, 5.74) is 10.6. The lowest BCUT2D eigenvalue weighted by Crippen LogP contribution is -2.38. The van der Waals surface area contributed by atoms with Crippen molar-refractivity contribution in [3.63, 3.8) is 0 Å². The van der Waals surface area contributed by atoms with Crippen LogP contribution in [-0.2, 0) is 5.41 Å². The van der Waals surface area contributed by atoms with Crippen molar-refractivity contribution in [2.45, 2.75) is 11.3 Å². The van der Waals surface area contributed by atoms with Crippen LogP contribution in [0, 0.1) is 0 Å². The van der Waals surface area contributed by atoms with Gasteiger partial charge < -0.3 is 0 Å². The van der Waals surface area contributed by atoms with Gasteiger partial charge in [0.25, 0.3) is 0 Å². The third kappa shape index (κ3) is 5.13. The maximum Gasteiger partial charge on any atom is 0.0566 e. The summed E-state index contributed by atoms with van der Waals surface area (Å²) in [5.74, 6) is -0.00593. The Balaban J connectivity index is 1.72. The van der Waals surface area contributed by atoms with Crippen molar-refractivity contribution >= 4 is 48.6 Å². The van der Waals surface area contributed by atoms with Crippen molar-refractivity contribution < 1.29 is 0 Å². The van der Waals surface area contributed by atoms with Crippen LogP contribution < -0.4 is 0 Å². The molecule has 1 aliphatic carbocycles. The van der Waals surface area contributed by atoms with E-state index in [1.54, 1.807) is 0 Å². The first kappa shape index (κ1) is 28.5. The van der Waals surface area contributed by atoms with Gasteiger partial charge in [-0.15, -0.1) is 0 Å². The molecule has 0 fully saturated rings. The predicted octanol–water partition coefficient (Wildman–Crippen LogP) is 12.0. The highest BCUT2D eigenvalue weighted by Crippen LogP contribution is 2.61. The van der Waals surface area contributed by atoms with E-state index in [-0.39, 0.29) is 5.92 Å². The van der Waals surface area contributed by atoms with Crippen LogP contribution in [0.25, 0.3) is 16.7 Å². The molecule has 0 spiro atoms. The van der Waals surface area contributed by atoms with Gasteiger partial charge in [0, 0.05) is 14.9 Å². The number of hydrogen-bond donors (Lipinski definition) is 0. The zero-order valence-corrected chi connectivity index (χ0v) is 27.2. The van der Waals surface area contributed by atoms with Crippen LogP contribution in [0.3, 0.4) is 0 Å². The topological polar surface area (TPSA) is 0 Å². The van der Waals surface area contributed by atoms with E-state index in [2.05, 4.69) is 208 Å². The van der Waals surface area contributed by atoms with Crippen molar-refractivity contribution in [2.75, 3.05) is 0 Å². The number of halogens is 2. The fraction of sp³-hybridized carbons (Fsp3) is 0.0476. The van der Waals surface area contributed by atoms with Gasteiger partial charge in [-0.05, 0) is 74.4 Å². The Bertz CT molecular complexity index is 1920. The number of allylic oxidation sites excluding steroid dienone is 4. The molecule has 0 nitrogen and oxygen atoms in total. The Morgan fingerprint density at radius 2 is 0.864 bits per heavy atom. The van der Waals surface area contributed by atoms with Gasteiger partial charge >= 0.3 is 0 Å². The van der Waals surface area contributed by atoms with E-state index in [0.29, 0.717) is 0 Å². The first-order chi connectivity index (χ1) is 21.7. The summed E-state index contributed by atoms with van der Waals surface area (Å²) in [4.78, 5) is 0. The molecule has 1 aliphatic rings. The Morgan fingerprint density at radius 1 is 0.409 bits per heavy atom. The summed E-state index contributed by atoms with van der Waals surface area (Å²) >= 11 is 7.41. The molecule has 0 bridgehead atoms. The van der Waals surface area contributed by atoms with Crippen LogP contribution in [0.5, 0.6) is 0 Å². The molecule has 212 valence electrons. The van der Waals surface area contributed by atoms with E-state index in [1.165, 1.54) is 50.1 Å². The molecule has 7 rings (SSSR count). The third-order valence-electron chi connectivity index (χ3n) is 8.68. The number of rotatable bonds is 6. The first-order valence-electron chi connectivity index (χ1n) is 14.9. The van der Waals surface area contributed by atoms with Crippen molar-refractivity contribution in [2.24, 2.45) is 0 Å². The van der Waals surface area contributed by atoms with Crippen molar-refractivity contribution in [1.29, 1.82) is 0 Å². The first-order valence-corrected chi connectivity index (χ1v) is 16.4. The lowest BCUT2D eigenvalue weighted by Gasteiger charge is -2.48. The average Bonchev–Trinajstić information content (AvgIpc) is 3.09. The van der Waals surface area contributed by atoms with E-state index in [4.69, 9.17) is 0 Å². The van der Waals surface area contributed by atoms with Gasteiger partial charge in [0.2, 0.25) is 0 Å². The molecule has 0 saturated carbocycles. The lowest BCUT2D eigenvalue weighted by molar-refractivity contribution is 0.587. The molecule has 0 heterocycles. The molecular weight excluding hydrogens is 664 g/mol. The second-order valence-corrected chi connectivity index (χ2v) is 13.0. The maximum absolute atomic E-state index is 3.73. The summed E-state index contributed by atoms with van der Waals surface area (Å²) in [6.45, 7) is 0. The van der Waals surface area contributed by atoms with E-state index in [0.717, 1.165) is 8.95 Å². The summed E-state index contributed by atoms with van der Waals surface area (Å²) in [6, 6.07) is 61.7. The molecule has 0 aliphatic heterocycles. The van der Waals surface area contributed by atoms with E-state index >= 15 is 0 Å². The van der Waals surface area contributed by atoms with Crippen LogP contribution in [0.2, 0.25) is 0 Å². The van der Waals surface area contributed by atoms with Crippen LogP contribution in [0.1, 0.15) is 39.3 Å². The molecule has 0 N–H and O–H groups in total. The SMILES string of the molecule is Brc1ccc(C2=CC(c3ccccc3)C(c3ccccc3)(c3ccc(Br)cc3)C(c3ccccc3)=C2c2ccccc2)cc1. The van der Waals surface area contributed by atoms with E-state index in [9.17, 15) is 0 Å². The van der Waals surface area contributed by atoms with Crippen LogP contribution in [-0.4, -0.2) is 0 Å². The number of hydrogen-bond acceptors (Lipinski definition) is 0. The molecule has 6 aromatic carbocycles. The highest BCUT2D eigenvalue weighted by atomic mass is 79.9. The molecule has 0 saturated heterocycles. The largest absolute Gasteiger partial charge is 0.0669 e. The molecule has 44 heavy (non-hydrogen) atoms. The normalized spacial score (nSPS) is 18.1. The standard InChI is InChI=1S/C42H30Br2/c43-36-25-21-30(22-26-36)38-29-39(31-13-5-1-6-14-31)42(34-19-11-4-12-20-34,35-23-27-37(44)28-24-35)41(33-17-9-3-10-18-33)40(38)32-15-7-2-8-16-32/h1-29,39H. The minimum absolute atomic E-state index is 0.00593. The van der Waals surface area contributed by atoms with Crippen LogP contribution in [0.15, 0.2) is 185 Å². The van der Waals surface area contributed by atoms with Crippen molar-refractivity contribution in [3.05, 3.63) is 218 Å². The molecule has 2 atom stereocenters. The Labute approximate surface area is 276 Å². The molecule has 0 amide bonds. The zero-order chi connectivity index (χ0) is 29.9. The van der Waals surface area contributed by atoms with Gasteiger partial charge in [0.15, 0.2) is 0 Å². The molecule has 6 aromatic rings. The zero-order valence-electron chi connectivity index (χ0n) is 24.1. The van der Waals surface area contributed by atoms with Gasteiger partial charge in [-0.25, -0.2) is 0 Å². The molecule has 2 heteroatoms. The fourth-order valence-electron chi connectivity index (χ4n) is 6.85. The van der Waals surface area contributed by atoms with Crippen molar-refractivity contribution in [3.8, 4) is 0 Å². The Morgan fingerprint density at radius 3 is 1.43 bits per heavy atom. The average molecular weight is 695 g/mol. The quantitative estimate of drug-likeness (QED) is 0.163. The minimum atomic E-state index is -0.547. The highest BCUT2D eigenvalue weighted by molar-refractivity contribution is 9.10. The predicted molar refractivity (Wildman–Crippen MR) is 192 cm³/mol. The lowest BCUT2D eigenvalue weighted by atomic mass is 9.54. The van der Waals surface area contributed by atoms with Crippen LogP contribution >= 0.6 is 31.9 Å². The summed E-state index contributed by atoms with van der Waals surface area (Å²) in [5, 5.41) is 0. The van der Waals surface area contributed by atoms with Gasteiger partial charge in [0.1, 0.15) is 0 Å². The van der Waals surface area contributed by atoms with Crippen LogP contribution in [0.4, 0.5) is 0 Å². The summed E-state index contributed by atoms with van der Waals surface area (Å²) < 4.78 is 2.13. The third-order valence-corrected chi connectivity index (χ3v) is 9.74.